The smallest absolute Gasteiger partial charge is 0.329 e. The van der Waals surface area contributed by atoms with Crippen molar-refractivity contribution in [2.75, 3.05) is 0 Å². The van der Waals surface area contributed by atoms with Crippen molar-refractivity contribution in [1.82, 2.24) is 10.7 Å². The molecule has 2 N–H and O–H groups in total. The largest absolute Gasteiger partial charge is 0.345 e. The first-order valence-electron chi connectivity index (χ1n) is 5.92. The third-order valence-electron chi connectivity index (χ3n) is 2.45. The van der Waals surface area contributed by atoms with Crippen LogP contribution >= 0.6 is 0 Å². The minimum atomic E-state index is -0.835. The molecule has 2 amide bonds. The molecule has 0 bridgehead atoms. The Morgan fingerprint density at radius 3 is 2.53 bits per heavy atom. The Labute approximate surface area is 110 Å². The van der Waals surface area contributed by atoms with Gasteiger partial charge in [0, 0.05) is 6.04 Å². The quantitative estimate of drug-likeness (QED) is 0.487. The Morgan fingerprint density at radius 2 is 1.95 bits per heavy atom. The van der Waals surface area contributed by atoms with E-state index in [0.717, 1.165) is 6.42 Å². The number of nitrogens with one attached hydrogen (secondary N) is 2. The molecule has 6 heteroatoms. The van der Waals surface area contributed by atoms with Gasteiger partial charge in [0.1, 0.15) is 5.82 Å². The van der Waals surface area contributed by atoms with Crippen LogP contribution in [-0.2, 0) is 9.59 Å². The number of hydrogen-bond acceptors (Lipinski definition) is 3. The summed E-state index contributed by atoms with van der Waals surface area (Å²) in [4.78, 5) is 22.7. The van der Waals surface area contributed by atoms with Gasteiger partial charge in [-0.25, -0.2) is 9.82 Å². The molecule has 1 atom stereocenters. The van der Waals surface area contributed by atoms with Crippen LogP contribution in [0, 0.1) is 5.82 Å². The zero-order valence-corrected chi connectivity index (χ0v) is 10.8. The highest BCUT2D eigenvalue weighted by Gasteiger charge is 2.14. The monoisotopic (exact) mass is 265 g/mol. The number of hydrogen-bond donors (Lipinski definition) is 2. The second-order valence-corrected chi connectivity index (χ2v) is 4.03. The van der Waals surface area contributed by atoms with Crippen LogP contribution in [0.2, 0.25) is 0 Å². The fraction of sp³-hybridized carbons (Fsp3) is 0.308. The molecule has 1 rings (SSSR count). The normalized spacial score (nSPS) is 12.2. The van der Waals surface area contributed by atoms with E-state index >= 15 is 0 Å². The summed E-state index contributed by atoms with van der Waals surface area (Å²) in [6.07, 6.45) is 2.06. The first kappa shape index (κ1) is 14.8. The highest BCUT2D eigenvalue weighted by Crippen LogP contribution is 1.99. The van der Waals surface area contributed by atoms with Crippen molar-refractivity contribution in [3.8, 4) is 0 Å². The molecule has 0 saturated heterocycles. The summed E-state index contributed by atoms with van der Waals surface area (Å²) < 4.78 is 12.6. The van der Waals surface area contributed by atoms with Crippen LogP contribution in [0.15, 0.2) is 29.4 Å². The molecule has 0 spiro atoms. The summed E-state index contributed by atoms with van der Waals surface area (Å²) in [6.45, 7) is 3.70. The standard InChI is InChI=1S/C13H16FN3O2/c1-3-9(2)16-12(18)13(19)17-15-8-10-4-6-11(14)7-5-10/h4-9H,3H2,1-2H3,(H,16,18)(H,17,19)/b15-8-/t9-/m0/s1. The molecule has 0 aromatic heterocycles. The summed E-state index contributed by atoms with van der Waals surface area (Å²) in [5, 5.41) is 6.13. The molecule has 19 heavy (non-hydrogen) atoms. The van der Waals surface area contributed by atoms with Crippen LogP contribution in [0.1, 0.15) is 25.8 Å². The number of hydrazone groups is 1. The zero-order valence-electron chi connectivity index (χ0n) is 10.8. The molecular weight excluding hydrogens is 249 g/mol. The lowest BCUT2D eigenvalue weighted by molar-refractivity contribution is -0.139. The molecular formula is C13H16FN3O2. The van der Waals surface area contributed by atoms with Crippen molar-refractivity contribution in [3.05, 3.63) is 35.6 Å². The molecule has 1 aromatic carbocycles. The van der Waals surface area contributed by atoms with Gasteiger partial charge in [0.05, 0.1) is 6.21 Å². The van der Waals surface area contributed by atoms with Crippen molar-refractivity contribution >= 4 is 18.0 Å². The second-order valence-electron chi connectivity index (χ2n) is 4.03. The molecule has 0 unspecified atom stereocenters. The van der Waals surface area contributed by atoms with Crippen LogP contribution in [0.4, 0.5) is 4.39 Å². The van der Waals surface area contributed by atoms with Gasteiger partial charge in [-0.05, 0) is 31.0 Å². The van der Waals surface area contributed by atoms with E-state index in [4.69, 9.17) is 0 Å². The third kappa shape index (κ3) is 5.29. The van der Waals surface area contributed by atoms with E-state index in [1.807, 2.05) is 6.92 Å². The van der Waals surface area contributed by atoms with E-state index in [2.05, 4.69) is 15.8 Å². The van der Waals surface area contributed by atoms with Crippen LogP contribution in [0.5, 0.6) is 0 Å². The summed E-state index contributed by atoms with van der Waals surface area (Å²) in [6, 6.07) is 5.49. The van der Waals surface area contributed by atoms with Crippen molar-refractivity contribution < 1.29 is 14.0 Å². The topological polar surface area (TPSA) is 70.6 Å². The average Bonchev–Trinajstić information content (AvgIpc) is 2.40. The molecule has 0 saturated carbocycles. The van der Waals surface area contributed by atoms with Crippen LogP contribution in [-0.4, -0.2) is 24.1 Å². The zero-order chi connectivity index (χ0) is 14.3. The molecule has 0 fully saturated rings. The third-order valence-corrected chi connectivity index (χ3v) is 2.45. The van der Waals surface area contributed by atoms with Crippen LogP contribution in [0.25, 0.3) is 0 Å². The minimum absolute atomic E-state index is 0.0701. The average molecular weight is 265 g/mol. The lowest BCUT2D eigenvalue weighted by Gasteiger charge is -2.09. The van der Waals surface area contributed by atoms with Gasteiger partial charge in [-0.15, -0.1) is 0 Å². The van der Waals surface area contributed by atoms with Crippen LogP contribution < -0.4 is 10.7 Å². The van der Waals surface area contributed by atoms with Gasteiger partial charge >= 0.3 is 11.8 Å². The number of nitrogens with zero attached hydrogens (tertiary/aromatic N) is 1. The number of carbonyl (C=O) groups is 2. The van der Waals surface area contributed by atoms with Gasteiger partial charge in [-0.2, -0.15) is 5.10 Å². The lowest BCUT2D eigenvalue weighted by Crippen LogP contribution is -2.41. The molecule has 0 heterocycles. The van der Waals surface area contributed by atoms with Crippen molar-refractivity contribution in [1.29, 1.82) is 0 Å². The van der Waals surface area contributed by atoms with E-state index in [-0.39, 0.29) is 11.9 Å². The van der Waals surface area contributed by atoms with E-state index in [0.29, 0.717) is 5.56 Å². The highest BCUT2D eigenvalue weighted by molar-refractivity contribution is 6.35. The SMILES string of the molecule is CC[C@H](C)NC(=O)C(=O)N/N=C\c1ccc(F)cc1. The van der Waals surface area contributed by atoms with Crippen molar-refractivity contribution in [3.63, 3.8) is 0 Å². The fourth-order valence-electron chi connectivity index (χ4n) is 1.16. The van der Waals surface area contributed by atoms with Crippen molar-refractivity contribution in [2.45, 2.75) is 26.3 Å². The Bertz CT molecular complexity index is 471. The fourth-order valence-corrected chi connectivity index (χ4v) is 1.16. The van der Waals surface area contributed by atoms with E-state index in [9.17, 15) is 14.0 Å². The molecule has 0 radical (unpaired) electrons. The predicted molar refractivity (Wildman–Crippen MR) is 70.0 cm³/mol. The second kappa shape index (κ2) is 7.25. The maximum atomic E-state index is 12.6. The van der Waals surface area contributed by atoms with E-state index in [1.54, 1.807) is 6.92 Å². The summed E-state index contributed by atoms with van der Waals surface area (Å²) in [5.74, 6) is -1.92. The van der Waals surface area contributed by atoms with Gasteiger partial charge in [-0.1, -0.05) is 19.1 Å². The van der Waals surface area contributed by atoms with Gasteiger partial charge < -0.3 is 5.32 Å². The van der Waals surface area contributed by atoms with Crippen LogP contribution in [0.3, 0.4) is 0 Å². The van der Waals surface area contributed by atoms with Gasteiger partial charge in [-0.3, -0.25) is 9.59 Å². The Morgan fingerprint density at radius 1 is 1.32 bits per heavy atom. The summed E-state index contributed by atoms with van der Waals surface area (Å²) in [7, 11) is 0. The summed E-state index contributed by atoms with van der Waals surface area (Å²) >= 11 is 0. The lowest BCUT2D eigenvalue weighted by atomic mass is 10.2. The molecule has 0 aliphatic carbocycles. The molecule has 102 valence electrons. The number of carbonyl (C=O) groups excluding carboxylic acids is 2. The Hall–Kier alpha value is -2.24. The Balaban J connectivity index is 2.45. The number of benzene rings is 1. The first-order valence-corrected chi connectivity index (χ1v) is 5.92. The number of halogens is 1. The maximum absolute atomic E-state index is 12.6. The first-order chi connectivity index (χ1) is 9.02. The molecule has 0 aliphatic heterocycles. The van der Waals surface area contributed by atoms with Gasteiger partial charge in [0.2, 0.25) is 0 Å². The van der Waals surface area contributed by atoms with E-state index < -0.39 is 11.8 Å². The maximum Gasteiger partial charge on any atom is 0.329 e. The van der Waals surface area contributed by atoms with Crippen molar-refractivity contribution in [2.24, 2.45) is 5.10 Å². The van der Waals surface area contributed by atoms with Gasteiger partial charge in [0.15, 0.2) is 0 Å². The highest BCUT2D eigenvalue weighted by atomic mass is 19.1. The molecule has 1 aromatic rings. The number of amides is 2. The predicted octanol–water partition coefficient (Wildman–Crippen LogP) is 1.19. The molecule has 5 nitrogen and oxygen atoms in total. The molecule has 0 aliphatic rings. The minimum Gasteiger partial charge on any atom is -0.345 e. The van der Waals surface area contributed by atoms with Gasteiger partial charge in [0.25, 0.3) is 0 Å². The number of rotatable bonds is 4. The summed E-state index contributed by atoms with van der Waals surface area (Å²) in [5.41, 5.74) is 2.71. The Kier molecular flexibility index (Phi) is 5.66. The van der Waals surface area contributed by atoms with E-state index in [1.165, 1.54) is 30.5 Å².